The minimum Gasteiger partial charge on any atom is -0.356 e. The van der Waals surface area contributed by atoms with Gasteiger partial charge < -0.3 is 5.32 Å². The van der Waals surface area contributed by atoms with Gasteiger partial charge in [-0.25, -0.2) is 0 Å². The Hall–Kier alpha value is -3.20. The minimum atomic E-state index is 0.103. The molecular formula is C25H23N3. The van der Waals surface area contributed by atoms with Gasteiger partial charge in [0.1, 0.15) is 0 Å². The standard InChI is InChI=1S/C25H23N3/c1-25(2)21-12-11-19(16-20(21)24-22(25)9-6-14-27-24)28-18-8-5-7-17(15-18)23-10-3-4-13-26-23/h3-16,20-21,28H,1-2H3. The van der Waals surface area contributed by atoms with Crippen molar-refractivity contribution >= 4 is 5.69 Å². The van der Waals surface area contributed by atoms with Gasteiger partial charge in [0.05, 0.1) is 11.4 Å². The van der Waals surface area contributed by atoms with Gasteiger partial charge in [-0.2, -0.15) is 0 Å². The Morgan fingerprint density at radius 3 is 2.68 bits per heavy atom. The van der Waals surface area contributed by atoms with E-state index in [1.54, 1.807) is 0 Å². The molecule has 5 rings (SSSR count). The van der Waals surface area contributed by atoms with E-state index in [1.165, 1.54) is 11.3 Å². The van der Waals surface area contributed by atoms with Crippen molar-refractivity contribution in [2.45, 2.75) is 25.2 Å². The quantitative estimate of drug-likeness (QED) is 0.647. The van der Waals surface area contributed by atoms with Crippen LogP contribution in [-0.2, 0) is 5.41 Å². The number of rotatable bonds is 3. The molecule has 0 aliphatic heterocycles. The summed E-state index contributed by atoms with van der Waals surface area (Å²) in [7, 11) is 0. The molecular weight excluding hydrogens is 342 g/mol. The van der Waals surface area contributed by atoms with Crippen molar-refractivity contribution in [3.63, 3.8) is 0 Å². The lowest BCUT2D eigenvalue weighted by atomic mass is 9.74. The summed E-state index contributed by atoms with van der Waals surface area (Å²) in [4.78, 5) is 9.18. The van der Waals surface area contributed by atoms with Gasteiger partial charge in [-0.15, -0.1) is 0 Å². The van der Waals surface area contributed by atoms with Crippen molar-refractivity contribution in [3.8, 4) is 11.3 Å². The number of aromatic nitrogens is 2. The number of anilines is 1. The normalized spacial score (nSPS) is 21.6. The third kappa shape index (κ3) is 2.75. The highest BCUT2D eigenvalue weighted by Crippen LogP contribution is 2.52. The Morgan fingerprint density at radius 1 is 0.929 bits per heavy atom. The summed E-state index contributed by atoms with van der Waals surface area (Å²) >= 11 is 0. The van der Waals surface area contributed by atoms with Gasteiger partial charge in [-0.1, -0.05) is 50.3 Å². The molecule has 138 valence electrons. The lowest BCUT2D eigenvalue weighted by Gasteiger charge is -2.30. The number of allylic oxidation sites excluding steroid dienone is 3. The highest BCUT2D eigenvalue weighted by atomic mass is 14.9. The molecule has 0 amide bonds. The third-order valence-electron chi connectivity index (χ3n) is 6.02. The second-order valence-electron chi connectivity index (χ2n) is 8.11. The summed E-state index contributed by atoms with van der Waals surface area (Å²) in [5, 5.41) is 3.58. The summed E-state index contributed by atoms with van der Waals surface area (Å²) < 4.78 is 0. The van der Waals surface area contributed by atoms with E-state index in [-0.39, 0.29) is 5.41 Å². The van der Waals surface area contributed by atoms with Crippen LogP contribution in [0, 0.1) is 5.92 Å². The van der Waals surface area contributed by atoms with Gasteiger partial charge in [-0.3, -0.25) is 9.97 Å². The zero-order valence-electron chi connectivity index (χ0n) is 16.1. The smallest absolute Gasteiger partial charge is 0.0702 e. The van der Waals surface area contributed by atoms with E-state index in [2.05, 4.69) is 72.7 Å². The highest BCUT2D eigenvalue weighted by Gasteiger charge is 2.45. The van der Waals surface area contributed by atoms with Crippen molar-refractivity contribution < 1.29 is 0 Å². The first kappa shape index (κ1) is 16.9. The van der Waals surface area contributed by atoms with Gasteiger partial charge in [0.2, 0.25) is 0 Å². The monoisotopic (exact) mass is 365 g/mol. The maximum atomic E-state index is 4.72. The summed E-state index contributed by atoms with van der Waals surface area (Å²) in [6.45, 7) is 4.65. The molecule has 2 heterocycles. The van der Waals surface area contributed by atoms with Crippen LogP contribution in [0.5, 0.6) is 0 Å². The van der Waals surface area contributed by atoms with Crippen LogP contribution in [0.4, 0.5) is 5.69 Å². The molecule has 3 heteroatoms. The molecule has 0 spiro atoms. The molecule has 0 saturated carbocycles. The van der Waals surface area contributed by atoms with Crippen molar-refractivity contribution in [1.29, 1.82) is 0 Å². The zero-order chi connectivity index (χ0) is 19.1. The van der Waals surface area contributed by atoms with Crippen molar-refractivity contribution in [2.24, 2.45) is 5.92 Å². The zero-order valence-corrected chi connectivity index (χ0v) is 16.1. The fraction of sp³-hybridized carbons (Fsp3) is 0.200. The number of fused-ring (bicyclic) bond motifs is 3. The van der Waals surface area contributed by atoms with Crippen LogP contribution in [0.25, 0.3) is 11.3 Å². The van der Waals surface area contributed by atoms with Crippen LogP contribution >= 0.6 is 0 Å². The highest BCUT2D eigenvalue weighted by molar-refractivity contribution is 5.66. The summed E-state index contributed by atoms with van der Waals surface area (Å²) in [5.74, 6) is 0.764. The summed E-state index contributed by atoms with van der Waals surface area (Å²) in [6.07, 6.45) is 10.6. The summed E-state index contributed by atoms with van der Waals surface area (Å²) in [6, 6.07) is 18.7. The van der Waals surface area contributed by atoms with Gasteiger partial charge in [0.15, 0.2) is 0 Å². The predicted octanol–water partition coefficient (Wildman–Crippen LogP) is 5.70. The molecule has 1 N–H and O–H groups in total. The second kappa shape index (κ2) is 6.45. The molecule has 3 aromatic rings. The van der Waals surface area contributed by atoms with Crippen LogP contribution in [0.3, 0.4) is 0 Å². The van der Waals surface area contributed by atoms with Crippen LogP contribution < -0.4 is 5.32 Å². The van der Waals surface area contributed by atoms with Crippen molar-refractivity contribution in [2.75, 3.05) is 5.32 Å². The molecule has 1 aromatic carbocycles. The van der Waals surface area contributed by atoms with E-state index < -0.39 is 0 Å². The Labute approximate surface area is 165 Å². The Balaban J connectivity index is 1.45. The molecule has 2 aliphatic rings. The molecule has 0 radical (unpaired) electrons. The van der Waals surface area contributed by atoms with Crippen molar-refractivity contribution in [3.05, 3.63) is 102 Å². The van der Waals surface area contributed by atoms with E-state index >= 15 is 0 Å². The summed E-state index contributed by atoms with van der Waals surface area (Å²) in [5.41, 5.74) is 6.96. The van der Waals surface area contributed by atoms with Crippen LogP contribution in [0.2, 0.25) is 0 Å². The molecule has 2 atom stereocenters. The van der Waals surface area contributed by atoms with E-state index in [1.807, 2.05) is 36.7 Å². The largest absolute Gasteiger partial charge is 0.356 e. The first-order chi connectivity index (χ1) is 13.6. The first-order valence-electron chi connectivity index (χ1n) is 9.77. The second-order valence-corrected chi connectivity index (χ2v) is 8.11. The Kier molecular flexibility index (Phi) is 3.90. The third-order valence-corrected chi connectivity index (χ3v) is 6.02. The molecule has 2 aromatic heterocycles. The maximum Gasteiger partial charge on any atom is 0.0702 e. The minimum absolute atomic E-state index is 0.103. The Bertz CT molecular complexity index is 1080. The van der Waals surface area contributed by atoms with Gasteiger partial charge in [0.25, 0.3) is 0 Å². The number of nitrogens with one attached hydrogen (secondary N) is 1. The molecule has 3 nitrogen and oxygen atoms in total. The van der Waals surface area contributed by atoms with E-state index in [0.29, 0.717) is 11.8 Å². The van der Waals surface area contributed by atoms with E-state index in [0.717, 1.165) is 22.6 Å². The molecule has 0 fully saturated rings. The van der Waals surface area contributed by atoms with Crippen molar-refractivity contribution in [1.82, 2.24) is 9.97 Å². The number of benzene rings is 1. The number of hydrogen-bond donors (Lipinski definition) is 1. The van der Waals surface area contributed by atoms with Crippen LogP contribution in [-0.4, -0.2) is 9.97 Å². The SMILES string of the molecule is CC1(C)c2cccnc2C2C=C(Nc3cccc(-c4ccccn4)c3)C=CC21. The average Bonchev–Trinajstić information content (AvgIpc) is 2.96. The molecule has 2 aliphatic carbocycles. The fourth-order valence-electron chi connectivity index (χ4n) is 4.57. The maximum absolute atomic E-state index is 4.72. The van der Waals surface area contributed by atoms with E-state index in [4.69, 9.17) is 4.98 Å². The Morgan fingerprint density at radius 2 is 1.82 bits per heavy atom. The topological polar surface area (TPSA) is 37.8 Å². The lowest BCUT2D eigenvalue weighted by Crippen LogP contribution is -2.25. The average molecular weight is 365 g/mol. The van der Waals surface area contributed by atoms with Gasteiger partial charge in [-0.05, 0) is 53.3 Å². The molecule has 0 saturated heterocycles. The van der Waals surface area contributed by atoms with Gasteiger partial charge >= 0.3 is 0 Å². The van der Waals surface area contributed by atoms with Gasteiger partial charge in [0, 0.05) is 35.3 Å². The number of pyridine rings is 2. The number of nitrogens with zero attached hydrogens (tertiary/aromatic N) is 2. The molecule has 28 heavy (non-hydrogen) atoms. The van der Waals surface area contributed by atoms with Crippen LogP contribution in [0.15, 0.2) is 90.9 Å². The number of hydrogen-bond acceptors (Lipinski definition) is 3. The molecule has 0 bridgehead atoms. The van der Waals surface area contributed by atoms with E-state index in [9.17, 15) is 0 Å². The molecule has 2 unspecified atom stereocenters. The lowest BCUT2D eigenvalue weighted by molar-refractivity contribution is 0.393. The first-order valence-corrected chi connectivity index (χ1v) is 9.77. The predicted molar refractivity (Wildman–Crippen MR) is 114 cm³/mol. The fourth-order valence-corrected chi connectivity index (χ4v) is 4.57. The van der Waals surface area contributed by atoms with Crippen LogP contribution in [0.1, 0.15) is 31.0 Å².